The molecule has 1 aromatic carbocycles. The van der Waals surface area contributed by atoms with Crippen molar-refractivity contribution in [3.63, 3.8) is 0 Å². The van der Waals surface area contributed by atoms with Crippen LogP contribution in [0.15, 0.2) is 46.6 Å². The van der Waals surface area contributed by atoms with E-state index in [1.807, 2.05) is 41.6 Å². The molecule has 146 valence electrons. The molecule has 0 fully saturated rings. The highest BCUT2D eigenvalue weighted by Gasteiger charge is 2.25. The molecule has 28 heavy (non-hydrogen) atoms. The van der Waals surface area contributed by atoms with Crippen LogP contribution in [0.3, 0.4) is 0 Å². The number of aromatic nitrogens is 2. The summed E-state index contributed by atoms with van der Waals surface area (Å²) in [5, 5.41) is 4.97. The van der Waals surface area contributed by atoms with Gasteiger partial charge in [0.25, 0.3) is 5.56 Å². The Kier molecular flexibility index (Phi) is 5.45. The molecule has 3 aromatic rings. The molecule has 0 saturated heterocycles. The van der Waals surface area contributed by atoms with Crippen LogP contribution < -0.4 is 16.0 Å². The van der Waals surface area contributed by atoms with Gasteiger partial charge in [0.15, 0.2) is 0 Å². The number of ether oxygens (including phenoxy) is 1. The smallest absolute Gasteiger partial charge is 0.252 e. The minimum Gasteiger partial charge on any atom is -0.382 e. The lowest BCUT2D eigenvalue weighted by Gasteiger charge is -2.14. The summed E-state index contributed by atoms with van der Waals surface area (Å²) in [4.78, 5) is 17.3. The molecule has 0 spiro atoms. The molecule has 7 heteroatoms. The van der Waals surface area contributed by atoms with E-state index in [0.29, 0.717) is 26.3 Å². The van der Waals surface area contributed by atoms with Gasteiger partial charge in [-0.25, -0.2) is 4.98 Å². The molecule has 0 atom stereocenters. The van der Waals surface area contributed by atoms with E-state index in [1.54, 1.807) is 17.4 Å². The topological polar surface area (TPSA) is 59.4 Å². The zero-order valence-corrected chi connectivity index (χ0v) is 17.0. The van der Waals surface area contributed by atoms with E-state index in [9.17, 15) is 4.79 Å². The summed E-state index contributed by atoms with van der Waals surface area (Å²) in [5.41, 5.74) is 8.46. The van der Waals surface area contributed by atoms with Crippen molar-refractivity contribution in [2.75, 3.05) is 23.6 Å². The van der Waals surface area contributed by atoms with Gasteiger partial charge in [-0.05, 0) is 20.3 Å². The van der Waals surface area contributed by atoms with Crippen LogP contribution in [-0.4, -0.2) is 22.8 Å². The number of hydrazine groups is 1. The predicted octanol–water partition coefficient (Wildman–Crippen LogP) is 4.05. The number of fused-ring (bicyclic) bond motifs is 1. The number of pyridine rings is 1. The van der Waals surface area contributed by atoms with Gasteiger partial charge in [-0.3, -0.25) is 15.2 Å². The summed E-state index contributed by atoms with van der Waals surface area (Å²) in [6, 6.07) is 11.8. The number of nitrogens with zero attached hydrogens (tertiary/aromatic N) is 3. The summed E-state index contributed by atoms with van der Waals surface area (Å²) in [7, 11) is 0. The maximum atomic E-state index is 12.5. The molecule has 0 bridgehead atoms. The first kappa shape index (κ1) is 18.7. The molecule has 0 aliphatic carbocycles. The molecule has 1 aliphatic rings. The molecule has 0 saturated carbocycles. The average Bonchev–Trinajstić information content (AvgIpc) is 3.35. The van der Waals surface area contributed by atoms with Crippen LogP contribution in [-0.2, 0) is 17.8 Å². The Morgan fingerprint density at radius 2 is 2.11 bits per heavy atom. The molecule has 0 amide bonds. The van der Waals surface area contributed by atoms with Gasteiger partial charge in [0.2, 0.25) is 5.13 Å². The van der Waals surface area contributed by atoms with Gasteiger partial charge in [0.1, 0.15) is 0 Å². The van der Waals surface area contributed by atoms with Gasteiger partial charge in [0, 0.05) is 48.0 Å². The van der Waals surface area contributed by atoms with E-state index in [1.165, 1.54) is 0 Å². The lowest BCUT2D eigenvalue weighted by atomic mass is 10.1. The molecular formula is C21H24N4O2S. The number of benzene rings is 1. The molecule has 1 N–H and O–H groups in total. The lowest BCUT2D eigenvalue weighted by Crippen LogP contribution is -2.23. The zero-order valence-electron chi connectivity index (χ0n) is 16.1. The number of thiazole rings is 1. The van der Waals surface area contributed by atoms with Crippen LogP contribution in [0, 0.1) is 6.92 Å². The molecule has 2 aromatic heterocycles. The van der Waals surface area contributed by atoms with E-state index in [2.05, 4.69) is 22.9 Å². The second-order valence-corrected chi connectivity index (χ2v) is 7.58. The summed E-state index contributed by atoms with van der Waals surface area (Å²) in [6.07, 6.45) is 0.831. The number of hydrogen-bond donors (Lipinski definition) is 1. The van der Waals surface area contributed by atoms with Crippen LogP contribution in [0.25, 0.3) is 11.3 Å². The summed E-state index contributed by atoms with van der Waals surface area (Å²) in [6.45, 7) is 6.74. The van der Waals surface area contributed by atoms with Gasteiger partial charge in [-0.15, -0.1) is 11.3 Å². The van der Waals surface area contributed by atoms with Crippen molar-refractivity contribution in [2.45, 2.75) is 33.4 Å². The van der Waals surface area contributed by atoms with Gasteiger partial charge < -0.3 is 9.30 Å². The quantitative estimate of drug-likeness (QED) is 0.611. The second kappa shape index (κ2) is 8.16. The highest BCUT2D eigenvalue weighted by Crippen LogP contribution is 2.34. The van der Waals surface area contributed by atoms with Crippen molar-refractivity contribution < 1.29 is 4.74 Å². The first-order chi connectivity index (χ1) is 13.7. The predicted molar refractivity (Wildman–Crippen MR) is 114 cm³/mol. The average molecular weight is 397 g/mol. The van der Waals surface area contributed by atoms with Gasteiger partial charge >= 0.3 is 0 Å². The first-order valence-electron chi connectivity index (χ1n) is 9.53. The van der Waals surface area contributed by atoms with Crippen molar-refractivity contribution in [3.8, 4) is 11.3 Å². The Labute approximate surface area is 168 Å². The fraction of sp³-hybridized carbons (Fsp3) is 0.333. The zero-order chi connectivity index (χ0) is 19.5. The van der Waals surface area contributed by atoms with E-state index in [-0.39, 0.29) is 5.56 Å². The Morgan fingerprint density at radius 3 is 2.89 bits per heavy atom. The van der Waals surface area contributed by atoms with Gasteiger partial charge in [0.05, 0.1) is 17.9 Å². The normalized spacial score (nSPS) is 12.9. The van der Waals surface area contributed by atoms with Crippen molar-refractivity contribution in [2.24, 2.45) is 0 Å². The van der Waals surface area contributed by atoms with Crippen LogP contribution in [0.2, 0.25) is 0 Å². The van der Waals surface area contributed by atoms with Crippen molar-refractivity contribution in [3.05, 3.63) is 63.4 Å². The molecule has 1 aliphatic heterocycles. The highest BCUT2D eigenvalue weighted by atomic mass is 32.1. The third-order valence-corrected chi connectivity index (χ3v) is 5.80. The molecule has 6 nitrogen and oxygen atoms in total. The third-order valence-electron chi connectivity index (χ3n) is 4.94. The number of anilines is 2. The maximum Gasteiger partial charge on any atom is 0.252 e. The minimum absolute atomic E-state index is 0.0196. The summed E-state index contributed by atoms with van der Waals surface area (Å²) >= 11 is 1.60. The number of nitrogens with one attached hydrogen (secondary N) is 1. The van der Waals surface area contributed by atoms with Crippen molar-refractivity contribution in [1.29, 1.82) is 0 Å². The van der Waals surface area contributed by atoms with E-state index in [4.69, 9.17) is 9.72 Å². The summed E-state index contributed by atoms with van der Waals surface area (Å²) < 4.78 is 7.25. The largest absolute Gasteiger partial charge is 0.382 e. The van der Waals surface area contributed by atoms with Gasteiger partial charge in [-0.1, -0.05) is 30.3 Å². The Bertz CT molecular complexity index is 1010. The van der Waals surface area contributed by atoms with Gasteiger partial charge in [-0.2, -0.15) is 0 Å². The minimum atomic E-state index is 0.0196. The molecule has 0 unspecified atom stereocenters. The fourth-order valence-electron chi connectivity index (χ4n) is 3.45. The Balaban J connectivity index is 1.53. The molecule has 3 heterocycles. The number of rotatable bonds is 7. The maximum absolute atomic E-state index is 12.5. The first-order valence-corrected chi connectivity index (χ1v) is 10.4. The van der Waals surface area contributed by atoms with Crippen LogP contribution >= 0.6 is 11.3 Å². The fourth-order valence-corrected chi connectivity index (χ4v) is 4.24. The lowest BCUT2D eigenvalue weighted by molar-refractivity contribution is 0.141. The second-order valence-electron chi connectivity index (χ2n) is 6.74. The standard InChI is InChI=1S/C21H24N4O2S/c1-3-27-11-7-10-24-15(2)17-13-25(23-18(17)12-20(24)26)21-22-19(14-28-21)16-8-5-4-6-9-16/h4-6,8-9,12,14,23H,3,7,10-11,13H2,1-2H3. The Hall–Kier alpha value is -2.64. The monoisotopic (exact) mass is 396 g/mol. The SMILES string of the molecule is CCOCCCn1c(C)c2c(cc1=O)NN(c1nc(-c3ccccc3)cs1)C2. The van der Waals surface area contributed by atoms with Crippen molar-refractivity contribution >= 4 is 22.2 Å². The third kappa shape index (κ3) is 3.68. The molecule has 4 rings (SSSR count). The van der Waals surface area contributed by atoms with Crippen LogP contribution in [0.1, 0.15) is 24.6 Å². The van der Waals surface area contributed by atoms with Crippen LogP contribution in [0.4, 0.5) is 10.8 Å². The van der Waals surface area contributed by atoms with Crippen molar-refractivity contribution in [1.82, 2.24) is 9.55 Å². The van der Waals surface area contributed by atoms with E-state index >= 15 is 0 Å². The molecular weight excluding hydrogens is 372 g/mol. The van der Waals surface area contributed by atoms with Crippen LogP contribution in [0.5, 0.6) is 0 Å². The summed E-state index contributed by atoms with van der Waals surface area (Å²) in [5.74, 6) is 0. The van der Waals surface area contributed by atoms with E-state index < -0.39 is 0 Å². The molecule has 0 radical (unpaired) electrons. The Morgan fingerprint density at radius 1 is 1.29 bits per heavy atom. The van der Waals surface area contributed by atoms with E-state index in [0.717, 1.165) is 39.8 Å². The number of hydrogen-bond acceptors (Lipinski definition) is 6. The highest BCUT2D eigenvalue weighted by molar-refractivity contribution is 7.14.